The van der Waals surface area contributed by atoms with Crippen molar-refractivity contribution >= 4 is 23.1 Å². The first-order valence-electron chi connectivity index (χ1n) is 6.45. The molecule has 21 heavy (non-hydrogen) atoms. The molecule has 2 heterocycles. The van der Waals surface area contributed by atoms with Gasteiger partial charge in [0.05, 0.1) is 11.2 Å². The second-order valence-corrected chi connectivity index (χ2v) is 5.03. The first-order valence-corrected chi connectivity index (χ1v) is 6.82. The standard InChI is InChI=1S/C13H15ClN4O3/c1-8(5-6-10-4-3-7-21-10)15-12-11(18(19)20)9(2)16-13(14)17-12/h3-4,7-8H,5-6H2,1-2H3,(H,15,16,17). The summed E-state index contributed by atoms with van der Waals surface area (Å²) in [6.07, 6.45) is 3.09. The maximum atomic E-state index is 11.1. The predicted molar refractivity (Wildman–Crippen MR) is 78.5 cm³/mol. The smallest absolute Gasteiger partial charge is 0.332 e. The number of furan rings is 1. The maximum Gasteiger partial charge on any atom is 0.332 e. The van der Waals surface area contributed by atoms with Gasteiger partial charge in [0.15, 0.2) is 0 Å². The van der Waals surface area contributed by atoms with E-state index in [2.05, 4.69) is 15.3 Å². The molecule has 0 amide bonds. The first-order chi connectivity index (χ1) is 9.97. The third-order valence-corrected chi connectivity index (χ3v) is 3.17. The zero-order valence-corrected chi connectivity index (χ0v) is 12.4. The van der Waals surface area contributed by atoms with Crippen LogP contribution in [-0.4, -0.2) is 20.9 Å². The molecule has 0 saturated carbocycles. The summed E-state index contributed by atoms with van der Waals surface area (Å²) in [5.41, 5.74) is 0.0879. The van der Waals surface area contributed by atoms with Gasteiger partial charge >= 0.3 is 5.69 Å². The molecule has 2 aromatic rings. The molecule has 1 unspecified atom stereocenters. The number of aryl methyl sites for hydroxylation is 2. The van der Waals surface area contributed by atoms with E-state index in [0.29, 0.717) is 0 Å². The normalized spacial score (nSPS) is 12.1. The van der Waals surface area contributed by atoms with Crippen molar-refractivity contribution in [2.75, 3.05) is 5.32 Å². The molecule has 0 saturated heterocycles. The molecule has 112 valence electrons. The van der Waals surface area contributed by atoms with Crippen LogP contribution in [0.5, 0.6) is 0 Å². The van der Waals surface area contributed by atoms with Crippen LogP contribution in [0.1, 0.15) is 24.8 Å². The fourth-order valence-corrected chi connectivity index (χ4v) is 2.18. The Balaban J connectivity index is 2.09. The van der Waals surface area contributed by atoms with E-state index in [0.717, 1.165) is 18.6 Å². The number of rotatable bonds is 6. The van der Waals surface area contributed by atoms with E-state index in [1.165, 1.54) is 6.92 Å². The Morgan fingerprint density at radius 3 is 2.90 bits per heavy atom. The van der Waals surface area contributed by atoms with Crippen molar-refractivity contribution in [1.29, 1.82) is 0 Å². The zero-order chi connectivity index (χ0) is 15.4. The Labute approximate surface area is 126 Å². The summed E-state index contributed by atoms with van der Waals surface area (Å²) in [7, 11) is 0. The van der Waals surface area contributed by atoms with Crippen LogP contribution in [0.2, 0.25) is 5.28 Å². The van der Waals surface area contributed by atoms with E-state index in [9.17, 15) is 10.1 Å². The molecule has 0 fully saturated rings. The minimum Gasteiger partial charge on any atom is -0.469 e. The third-order valence-electron chi connectivity index (χ3n) is 3.00. The molecule has 0 radical (unpaired) electrons. The van der Waals surface area contributed by atoms with Gasteiger partial charge in [0, 0.05) is 12.5 Å². The van der Waals surface area contributed by atoms with E-state index in [1.54, 1.807) is 6.26 Å². The van der Waals surface area contributed by atoms with Crippen LogP contribution in [0.4, 0.5) is 11.5 Å². The van der Waals surface area contributed by atoms with E-state index in [-0.39, 0.29) is 28.5 Å². The van der Waals surface area contributed by atoms with E-state index in [1.807, 2.05) is 19.1 Å². The Hall–Kier alpha value is -2.15. The Morgan fingerprint density at radius 2 is 2.29 bits per heavy atom. The van der Waals surface area contributed by atoms with Gasteiger partial charge < -0.3 is 9.73 Å². The lowest BCUT2D eigenvalue weighted by molar-refractivity contribution is -0.385. The Morgan fingerprint density at radius 1 is 1.52 bits per heavy atom. The van der Waals surface area contributed by atoms with Crippen molar-refractivity contribution in [1.82, 2.24) is 9.97 Å². The molecule has 0 bridgehead atoms. The van der Waals surface area contributed by atoms with E-state index >= 15 is 0 Å². The fourth-order valence-electron chi connectivity index (χ4n) is 1.97. The van der Waals surface area contributed by atoms with Gasteiger partial charge in [-0.15, -0.1) is 0 Å². The summed E-state index contributed by atoms with van der Waals surface area (Å²) in [5, 5.41) is 14.1. The number of nitrogens with one attached hydrogen (secondary N) is 1. The van der Waals surface area contributed by atoms with Gasteiger partial charge in [0.1, 0.15) is 11.5 Å². The highest BCUT2D eigenvalue weighted by Gasteiger charge is 2.22. The Bertz CT molecular complexity index is 631. The summed E-state index contributed by atoms with van der Waals surface area (Å²) < 4.78 is 5.25. The van der Waals surface area contributed by atoms with Gasteiger partial charge in [-0.05, 0) is 44.0 Å². The van der Waals surface area contributed by atoms with Crippen molar-refractivity contribution in [2.45, 2.75) is 32.7 Å². The van der Waals surface area contributed by atoms with Crippen LogP contribution in [0.3, 0.4) is 0 Å². The van der Waals surface area contributed by atoms with Crippen molar-refractivity contribution in [3.8, 4) is 0 Å². The number of hydrogen-bond acceptors (Lipinski definition) is 6. The highest BCUT2D eigenvalue weighted by molar-refractivity contribution is 6.28. The molecule has 8 heteroatoms. The lowest BCUT2D eigenvalue weighted by Crippen LogP contribution is -2.18. The van der Waals surface area contributed by atoms with Gasteiger partial charge in [-0.1, -0.05) is 0 Å². The summed E-state index contributed by atoms with van der Waals surface area (Å²) in [6, 6.07) is 3.69. The van der Waals surface area contributed by atoms with Crippen LogP contribution in [-0.2, 0) is 6.42 Å². The second-order valence-electron chi connectivity index (χ2n) is 4.70. The van der Waals surface area contributed by atoms with Crippen LogP contribution in [0.25, 0.3) is 0 Å². The topological polar surface area (TPSA) is 94.1 Å². The van der Waals surface area contributed by atoms with Gasteiger partial charge in [-0.2, -0.15) is 4.98 Å². The summed E-state index contributed by atoms with van der Waals surface area (Å²) in [4.78, 5) is 18.3. The van der Waals surface area contributed by atoms with Gasteiger partial charge in [0.2, 0.25) is 11.1 Å². The van der Waals surface area contributed by atoms with Crippen LogP contribution < -0.4 is 5.32 Å². The molecule has 0 spiro atoms. The Kier molecular flexibility index (Phi) is 4.74. The van der Waals surface area contributed by atoms with Crippen molar-refractivity contribution in [2.24, 2.45) is 0 Å². The van der Waals surface area contributed by atoms with E-state index in [4.69, 9.17) is 16.0 Å². The summed E-state index contributed by atoms with van der Waals surface area (Å²) in [6.45, 7) is 3.45. The minimum atomic E-state index is -0.507. The lowest BCUT2D eigenvalue weighted by atomic mass is 10.1. The molecule has 7 nitrogen and oxygen atoms in total. The van der Waals surface area contributed by atoms with Gasteiger partial charge in [0.25, 0.3) is 0 Å². The molecule has 0 aliphatic rings. The number of nitrogens with zero attached hydrogens (tertiary/aromatic N) is 3. The molecule has 2 aromatic heterocycles. The van der Waals surface area contributed by atoms with Gasteiger partial charge in [-0.3, -0.25) is 10.1 Å². The second kappa shape index (κ2) is 6.53. The summed E-state index contributed by atoms with van der Waals surface area (Å²) in [5.74, 6) is 1.01. The molecule has 2 rings (SSSR count). The first kappa shape index (κ1) is 15.2. The zero-order valence-electron chi connectivity index (χ0n) is 11.7. The van der Waals surface area contributed by atoms with Crippen molar-refractivity contribution in [3.05, 3.63) is 45.2 Å². The molecule has 0 aromatic carbocycles. The van der Waals surface area contributed by atoms with Crippen molar-refractivity contribution in [3.63, 3.8) is 0 Å². The average molecular weight is 311 g/mol. The largest absolute Gasteiger partial charge is 0.469 e. The van der Waals surface area contributed by atoms with Crippen LogP contribution in [0.15, 0.2) is 22.8 Å². The number of aromatic nitrogens is 2. The number of anilines is 1. The molecular formula is C13H15ClN4O3. The summed E-state index contributed by atoms with van der Waals surface area (Å²) >= 11 is 5.77. The van der Waals surface area contributed by atoms with Crippen LogP contribution >= 0.6 is 11.6 Å². The lowest BCUT2D eigenvalue weighted by Gasteiger charge is -2.14. The SMILES string of the molecule is Cc1nc(Cl)nc(NC(C)CCc2ccco2)c1[N+](=O)[O-]. The molecule has 1 N–H and O–H groups in total. The molecule has 0 aliphatic carbocycles. The highest BCUT2D eigenvalue weighted by atomic mass is 35.5. The monoisotopic (exact) mass is 310 g/mol. The number of halogens is 1. The highest BCUT2D eigenvalue weighted by Crippen LogP contribution is 2.27. The number of hydrogen-bond donors (Lipinski definition) is 1. The van der Waals surface area contributed by atoms with Crippen LogP contribution in [0, 0.1) is 17.0 Å². The van der Waals surface area contributed by atoms with Crippen molar-refractivity contribution < 1.29 is 9.34 Å². The molecular weight excluding hydrogens is 296 g/mol. The third kappa shape index (κ3) is 3.91. The van der Waals surface area contributed by atoms with E-state index < -0.39 is 4.92 Å². The average Bonchev–Trinajstić information content (AvgIpc) is 2.87. The quantitative estimate of drug-likeness (QED) is 0.499. The molecule has 1 atom stereocenters. The number of nitro groups is 1. The fraction of sp³-hybridized carbons (Fsp3) is 0.385. The predicted octanol–water partition coefficient (Wildman–Crippen LogP) is 3.37. The molecule has 0 aliphatic heterocycles. The maximum absolute atomic E-state index is 11.1. The minimum absolute atomic E-state index is 0.0150. The van der Waals surface area contributed by atoms with Gasteiger partial charge in [-0.25, -0.2) is 4.98 Å².